The Balaban J connectivity index is 2.16. The third-order valence-corrected chi connectivity index (χ3v) is 4.58. The molecule has 1 atom stereocenters. The zero-order valence-corrected chi connectivity index (χ0v) is 15.9. The van der Waals surface area contributed by atoms with Gasteiger partial charge in [0.1, 0.15) is 11.6 Å². The van der Waals surface area contributed by atoms with E-state index in [0.717, 1.165) is 0 Å². The zero-order valence-electron chi connectivity index (χ0n) is 15.9. The Morgan fingerprint density at radius 1 is 1.08 bits per heavy atom. The van der Waals surface area contributed by atoms with E-state index in [4.69, 9.17) is 4.74 Å². The molecule has 1 aliphatic heterocycles. The van der Waals surface area contributed by atoms with Crippen molar-refractivity contribution in [2.75, 3.05) is 19.8 Å². The lowest BCUT2D eigenvalue weighted by atomic mass is 9.94. The fourth-order valence-electron chi connectivity index (χ4n) is 2.76. The molecule has 0 aromatic heterocycles. The number of carbonyl (C=O) groups is 4. The van der Waals surface area contributed by atoms with Crippen LogP contribution in [-0.4, -0.2) is 48.0 Å². The third kappa shape index (κ3) is 7.06. The number of ether oxygens (including phenoxy) is 1. The Hall–Kier alpha value is -1.56. The van der Waals surface area contributed by atoms with Crippen LogP contribution in [0.3, 0.4) is 0 Å². The van der Waals surface area contributed by atoms with E-state index in [1.54, 1.807) is 0 Å². The van der Waals surface area contributed by atoms with Gasteiger partial charge in [-0.2, -0.15) is 0 Å². The van der Waals surface area contributed by atoms with Crippen LogP contribution < -0.4 is 0 Å². The van der Waals surface area contributed by atoms with Crippen molar-refractivity contribution in [3.63, 3.8) is 0 Å². The van der Waals surface area contributed by atoms with Crippen molar-refractivity contribution in [3.05, 3.63) is 0 Å². The van der Waals surface area contributed by atoms with Gasteiger partial charge in [-0.1, -0.05) is 27.7 Å². The molecule has 1 unspecified atom stereocenters. The summed E-state index contributed by atoms with van der Waals surface area (Å²) in [5, 5.41) is 0. The van der Waals surface area contributed by atoms with Gasteiger partial charge in [0.15, 0.2) is 0 Å². The Kier molecular flexibility index (Phi) is 8.97. The fraction of sp³-hybridized carbons (Fsp3) is 0.789. The van der Waals surface area contributed by atoms with Crippen LogP contribution in [-0.2, 0) is 23.9 Å². The van der Waals surface area contributed by atoms with Gasteiger partial charge in [-0.05, 0) is 12.3 Å². The molecule has 0 aliphatic carbocycles. The molecule has 0 N–H and O–H groups in total. The van der Waals surface area contributed by atoms with Crippen LogP contribution >= 0.6 is 0 Å². The minimum absolute atomic E-state index is 0.0236. The Labute approximate surface area is 150 Å². The quantitative estimate of drug-likeness (QED) is 0.397. The highest BCUT2D eigenvalue weighted by Gasteiger charge is 2.39. The van der Waals surface area contributed by atoms with E-state index in [-0.39, 0.29) is 60.5 Å². The summed E-state index contributed by atoms with van der Waals surface area (Å²) in [5.74, 6) is -0.204. The van der Waals surface area contributed by atoms with E-state index < -0.39 is 0 Å². The number of ketones is 2. The third-order valence-electron chi connectivity index (χ3n) is 4.58. The fourth-order valence-corrected chi connectivity index (χ4v) is 2.76. The van der Waals surface area contributed by atoms with E-state index in [9.17, 15) is 19.2 Å². The van der Waals surface area contributed by atoms with Crippen LogP contribution in [0.4, 0.5) is 0 Å². The first-order valence-corrected chi connectivity index (χ1v) is 9.20. The monoisotopic (exact) mass is 353 g/mol. The second-order valence-corrected chi connectivity index (χ2v) is 7.31. The summed E-state index contributed by atoms with van der Waals surface area (Å²) in [6, 6.07) is 0. The lowest BCUT2D eigenvalue weighted by Crippen LogP contribution is -2.33. The second kappa shape index (κ2) is 10.4. The number of Topliss-reactive ketones (excluding diaryl/α,β-unsaturated/α-hetero) is 2. The molecule has 0 radical (unpaired) electrons. The van der Waals surface area contributed by atoms with Crippen LogP contribution in [0.1, 0.15) is 59.8 Å². The number of amides is 2. The van der Waals surface area contributed by atoms with Crippen LogP contribution in [0.25, 0.3) is 0 Å². The van der Waals surface area contributed by atoms with E-state index >= 15 is 0 Å². The van der Waals surface area contributed by atoms with Crippen LogP contribution in [0, 0.1) is 17.8 Å². The largest absolute Gasteiger partial charge is 0.381 e. The van der Waals surface area contributed by atoms with Crippen molar-refractivity contribution < 1.29 is 23.9 Å². The van der Waals surface area contributed by atoms with E-state index in [1.165, 1.54) is 4.90 Å². The number of likely N-dealkylation sites (tertiary alicyclic amines) is 1. The number of hydrogen-bond acceptors (Lipinski definition) is 5. The highest BCUT2D eigenvalue weighted by molar-refractivity contribution is 6.03. The summed E-state index contributed by atoms with van der Waals surface area (Å²) in [5.41, 5.74) is 0. The molecule has 0 aromatic rings. The molecule has 1 aliphatic rings. The molecule has 1 heterocycles. The average molecular weight is 353 g/mol. The molecule has 2 amide bonds. The van der Waals surface area contributed by atoms with Gasteiger partial charge in [0, 0.05) is 50.7 Å². The Morgan fingerprint density at radius 2 is 1.76 bits per heavy atom. The minimum Gasteiger partial charge on any atom is -0.381 e. The van der Waals surface area contributed by atoms with Crippen molar-refractivity contribution in [2.45, 2.75) is 59.8 Å². The topological polar surface area (TPSA) is 80.8 Å². The van der Waals surface area contributed by atoms with Crippen molar-refractivity contribution >= 4 is 23.4 Å². The van der Waals surface area contributed by atoms with Gasteiger partial charge in [0.2, 0.25) is 11.8 Å². The molecule has 0 aromatic carbocycles. The standard InChI is InChI=1S/C19H31NO5/c1-13(2)16-12-18(23)20(19(16)24)9-7-15(21)6-5-10-25-11-8-17(22)14(3)4/h13-14,16H,5-12H2,1-4H3. The highest BCUT2D eigenvalue weighted by atomic mass is 16.5. The molecule has 0 saturated carbocycles. The molecule has 1 rings (SSSR count). The maximum Gasteiger partial charge on any atom is 0.233 e. The van der Waals surface area contributed by atoms with Crippen molar-refractivity contribution in [2.24, 2.45) is 17.8 Å². The Bertz CT molecular complexity index is 498. The summed E-state index contributed by atoms with van der Waals surface area (Å²) in [4.78, 5) is 48.6. The number of hydrogen-bond donors (Lipinski definition) is 0. The minimum atomic E-state index is -0.246. The van der Waals surface area contributed by atoms with Gasteiger partial charge in [-0.25, -0.2) is 0 Å². The molecule has 1 fully saturated rings. The lowest BCUT2D eigenvalue weighted by Gasteiger charge is -2.15. The summed E-state index contributed by atoms with van der Waals surface area (Å²) in [7, 11) is 0. The summed E-state index contributed by atoms with van der Waals surface area (Å²) >= 11 is 0. The zero-order chi connectivity index (χ0) is 19.0. The molecule has 6 nitrogen and oxygen atoms in total. The number of carbonyl (C=O) groups excluding carboxylic acids is 4. The van der Waals surface area contributed by atoms with Gasteiger partial charge < -0.3 is 4.74 Å². The molecule has 142 valence electrons. The molecular formula is C19H31NO5. The van der Waals surface area contributed by atoms with Gasteiger partial charge >= 0.3 is 0 Å². The van der Waals surface area contributed by atoms with Crippen molar-refractivity contribution in [3.8, 4) is 0 Å². The first kappa shape index (κ1) is 21.5. The summed E-state index contributed by atoms with van der Waals surface area (Å²) in [6.45, 7) is 8.59. The molecule has 6 heteroatoms. The van der Waals surface area contributed by atoms with E-state index in [0.29, 0.717) is 32.5 Å². The first-order valence-electron chi connectivity index (χ1n) is 9.20. The van der Waals surface area contributed by atoms with Crippen LogP contribution in [0.2, 0.25) is 0 Å². The van der Waals surface area contributed by atoms with Crippen LogP contribution in [0.15, 0.2) is 0 Å². The summed E-state index contributed by atoms with van der Waals surface area (Å²) < 4.78 is 5.37. The second-order valence-electron chi connectivity index (χ2n) is 7.31. The molecule has 1 saturated heterocycles. The van der Waals surface area contributed by atoms with Crippen molar-refractivity contribution in [1.29, 1.82) is 0 Å². The normalized spacial score (nSPS) is 17.8. The maximum absolute atomic E-state index is 12.2. The van der Waals surface area contributed by atoms with Crippen LogP contribution in [0.5, 0.6) is 0 Å². The lowest BCUT2D eigenvalue weighted by molar-refractivity contribution is -0.140. The molecule has 0 bridgehead atoms. The summed E-state index contributed by atoms with van der Waals surface area (Å²) in [6.07, 6.45) is 1.82. The number of imide groups is 1. The molecule has 0 spiro atoms. The molecular weight excluding hydrogens is 322 g/mol. The van der Waals surface area contributed by atoms with Gasteiger partial charge in [0.05, 0.1) is 6.61 Å². The number of rotatable bonds is 12. The van der Waals surface area contributed by atoms with Gasteiger partial charge in [-0.15, -0.1) is 0 Å². The van der Waals surface area contributed by atoms with Crippen molar-refractivity contribution in [1.82, 2.24) is 4.90 Å². The molecule has 25 heavy (non-hydrogen) atoms. The first-order chi connectivity index (χ1) is 11.7. The van der Waals surface area contributed by atoms with E-state index in [1.807, 2.05) is 27.7 Å². The van der Waals surface area contributed by atoms with E-state index in [2.05, 4.69) is 0 Å². The smallest absolute Gasteiger partial charge is 0.233 e. The van der Waals surface area contributed by atoms with Gasteiger partial charge in [-0.3, -0.25) is 24.1 Å². The van der Waals surface area contributed by atoms with Gasteiger partial charge in [0.25, 0.3) is 0 Å². The number of nitrogens with zero attached hydrogens (tertiary/aromatic N) is 1. The predicted molar refractivity (Wildman–Crippen MR) is 93.8 cm³/mol. The predicted octanol–water partition coefficient (Wildman–Crippen LogP) is 2.39. The maximum atomic E-state index is 12.2. The Morgan fingerprint density at radius 3 is 2.32 bits per heavy atom. The SMILES string of the molecule is CC(C)C(=O)CCOCCCC(=O)CCN1C(=O)CC(C(C)C)C1=O. The average Bonchev–Trinajstić information content (AvgIpc) is 2.83. The highest BCUT2D eigenvalue weighted by Crippen LogP contribution is 2.26.